The number of benzene rings is 1. The lowest BCUT2D eigenvalue weighted by Crippen LogP contribution is -2.20. The fraction of sp³-hybridized carbons (Fsp3) is 0.250. The molecule has 0 amide bonds. The highest BCUT2D eigenvalue weighted by molar-refractivity contribution is 6.29. The van der Waals surface area contributed by atoms with Crippen molar-refractivity contribution in [1.29, 1.82) is 0 Å². The van der Waals surface area contributed by atoms with Crippen LogP contribution in [0.4, 0.5) is 0 Å². The molecule has 0 aromatic heterocycles. The number of carbonyl (C=O) groups excluding carboxylic acids is 2. The third-order valence-corrected chi connectivity index (χ3v) is 3.34. The monoisotopic (exact) mass is 272 g/mol. The molecule has 4 nitrogen and oxygen atoms in total. The van der Waals surface area contributed by atoms with Gasteiger partial charge >= 0.3 is 0 Å². The van der Waals surface area contributed by atoms with E-state index in [0.29, 0.717) is 0 Å². The largest absolute Gasteiger partial charge is 0.507 e. The summed E-state index contributed by atoms with van der Waals surface area (Å²) in [7, 11) is 0. The topological polar surface area (TPSA) is 74.6 Å². The van der Waals surface area contributed by atoms with Gasteiger partial charge in [-0.05, 0) is 25.5 Å². The van der Waals surface area contributed by atoms with Crippen molar-refractivity contribution < 1.29 is 19.8 Å². The highest BCUT2D eigenvalue weighted by Gasteiger charge is 2.33. The molecule has 0 heterocycles. The van der Waals surface area contributed by atoms with Crippen LogP contribution in [0.15, 0.2) is 35.4 Å². The third-order valence-electron chi connectivity index (χ3n) is 3.34. The summed E-state index contributed by atoms with van der Waals surface area (Å²) in [5.74, 6) is -1.43. The van der Waals surface area contributed by atoms with Crippen LogP contribution < -0.4 is 0 Å². The Morgan fingerprint density at radius 3 is 2.15 bits per heavy atom. The molecule has 20 heavy (non-hydrogen) atoms. The van der Waals surface area contributed by atoms with Crippen molar-refractivity contribution in [1.82, 2.24) is 0 Å². The smallest absolute Gasteiger partial charge is 0.198 e. The Labute approximate surface area is 117 Å². The van der Waals surface area contributed by atoms with E-state index in [0.717, 1.165) is 12.8 Å². The second kappa shape index (κ2) is 5.33. The number of allylic oxidation sites excluding steroid dienone is 4. The summed E-state index contributed by atoms with van der Waals surface area (Å²) in [6, 6.07) is 2.43. The molecular formula is C16H16O4. The van der Waals surface area contributed by atoms with E-state index in [1.165, 1.54) is 12.1 Å². The Morgan fingerprint density at radius 1 is 1.05 bits per heavy atom. The maximum absolute atomic E-state index is 12.4. The first-order chi connectivity index (χ1) is 9.49. The number of rotatable bonds is 3. The zero-order valence-electron chi connectivity index (χ0n) is 11.4. The van der Waals surface area contributed by atoms with Gasteiger partial charge in [0.2, 0.25) is 0 Å². The maximum Gasteiger partial charge on any atom is 0.198 e. The van der Waals surface area contributed by atoms with Crippen LogP contribution in [-0.4, -0.2) is 21.8 Å². The Bertz CT molecular complexity index is 651. The molecule has 0 unspecified atom stereocenters. The van der Waals surface area contributed by atoms with Gasteiger partial charge in [0.05, 0.1) is 11.1 Å². The van der Waals surface area contributed by atoms with Gasteiger partial charge in [0.15, 0.2) is 11.6 Å². The van der Waals surface area contributed by atoms with Crippen molar-refractivity contribution in [2.45, 2.75) is 26.7 Å². The molecule has 104 valence electrons. The predicted molar refractivity (Wildman–Crippen MR) is 75.2 cm³/mol. The first kappa shape index (κ1) is 14.1. The van der Waals surface area contributed by atoms with Gasteiger partial charge in [-0.25, -0.2) is 0 Å². The fourth-order valence-corrected chi connectivity index (χ4v) is 2.22. The van der Waals surface area contributed by atoms with Crippen LogP contribution in [0.3, 0.4) is 0 Å². The number of aromatic hydroxyl groups is 2. The number of hydrogen-bond acceptors (Lipinski definition) is 4. The van der Waals surface area contributed by atoms with Crippen molar-refractivity contribution in [2.24, 2.45) is 0 Å². The van der Waals surface area contributed by atoms with E-state index in [-0.39, 0.29) is 33.8 Å². The molecule has 0 spiro atoms. The van der Waals surface area contributed by atoms with Gasteiger partial charge in [0, 0.05) is 11.1 Å². The molecule has 0 bridgehead atoms. The van der Waals surface area contributed by atoms with Crippen molar-refractivity contribution >= 4 is 11.6 Å². The number of phenols is 2. The van der Waals surface area contributed by atoms with Crippen LogP contribution >= 0.6 is 0 Å². The summed E-state index contributed by atoms with van der Waals surface area (Å²) in [6.45, 7) is 3.57. The Hall–Kier alpha value is -2.36. The quantitative estimate of drug-likeness (QED) is 0.829. The van der Waals surface area contributed by atoms with Crippen LogP contribution in [0.1, 0.15) is 47.4 Å². The van der Waals surface area contributed by atoms with Crippen molar-refractivity contribution in [2.75, 3.05) is 0 Å². The number of carbonyl (C=O) groups is 2. The first-order valence-electron chi connectivity index (χ1n) is 6.50. The lowest BCUT2D eigenvalue weighted by Gasteiger charge is -2.19. The van der Waals surface area contributed by atoms with E-state index in [9.17, 15) is 19.8 Å². The molecule has 1 aromatic rings. The van der Waals surface area contributed by atoms with E-state index in [1.807, 2.05) is 13.0 Å². The first-order valence-corrected chi connectivity index (χ1v) is 6.50. The molecule has 1 aliphatic rings. The average molecular weight is 272 g/mol. The number of phenolic OH excluding ortho intramolecular Hbond substituents is 2. The number of ketones is 2. The van der Waals surface area contributed by atoms with Crippen molar-refractivity contribution in [3.05, 3.63) is 46.6 Å². The molecule has 0 saturated carbocycles. The predicted octanol–water partition coefficient (Wildman–Crippen LogP) is 3.15. The lowest BCUT2D eigenvalue weighted by atomic mass is 9.83. The normalized spacial score (nSPS) is 15.1. The fourth-order valence-electron chi connectivity index (χ4n) is 2.22. The number of fused-ring (bicyclic) bond motifs is 1. The zero-order valence-corrected chi connectivity index (χ0v) is 11.4. The molecular weight excluding hydrogens is 256 g/mol. The standard InChI is InChI=1S/C16H16O4/c1-3-4-5-6-10-9(2)15(19)13-11(17)7-8-12(18)14(13)16(10)20/h5-8,17-18H,3-4H2,1-2H3. The van der Waals surface area contributed by atoms with Gasteiger partial charge in [0.25, 0.3) is 0 Å². The van der Waals surface area contributed by atoms with E-state index in [4.69, 9.17) is 0 Å². The third kappa shape index (κ3) is 2.13. The highest BCUT2D eigenvalue weighted by Crippen LogP contribution is 2.37. The molecule has 0 radical (unpaired) electrons. The van der Waals surface area contributed by atoms with E-state index >= 15 is 0 Å². The Morgan fingerprint density at radius 2 is 1.60 bits per heavy atom. The minimum Gasteiger partial charge on any atom is -0.507 e. The number of unbranched alkanes of at least 4 members (excludes halogenated alkanes) is 1. The second-order valence-electron chi connectivity index (χ2n) is 4.74. The van der Waals surface area contributed by atoms with Crippen LogP contribution in [0.2, 0.25) is 0 Å². The second-order valence-corrected chi connectivity index (χ2v) is 4.74. The molecule has 0 atom stereocenters. The summed E-state index contributed by atoms with van der Waals surface area (Å²) in [6.07, 6.45) is 5.19. The van der Waals surface area contributed by atoms with Gasteiger partial charge in [0.1, 0.15) is 11.5 Å². The molecule has 0 aliphatic heterocycles. The average Bonchev–Trinajstić information content (AvgIpc) is 2.42. The summed E-state index contributed by atoms with van der Waals surface area (Å²) in [5, 5.41) is 19.6. The Kier molecular flexibility index (Phi) is 3.74. The van der Waals surface area contributed by atoms with E-state index < -0.39 is 11.6 Å². The van der Waals surface area contributed by atoms with Gasteiger partial charge in [-0.2, -0.15) is 0 Å². The molecule has 4 heteroatoms. The van der Waals surface area contributed by atoms with E-state index in [2.05, 4.69) is 0 Å². The van der Waals surface area contributed by atoms with Crippen LogP contribution in [0.5, 0.6) is 11.5 Å². The lowest BCUT2D eigenvalue weighted by molar-refractivity contribution is 0.0973. The molecule has 1 aliphatic carbocycles. The highest BCUT2D eigenvalue weighted by atomic mass is 16.3. The summed E-state index contributed by atoms with van der Waals surface area (Å²) >= 11 is 0. The van der Waals surface area contributed by atoms with Gasteiger partial charge in [-0.1, -0.05) is 25.5 Å². The van der Waals surface area contributed by atoms with Crippen LogP contribution in [0.25, 0.3) is 0 Å². The molecule has 0 fully saturated rings. The number of hydrogen-bond donors (Lipinski definition) is 2. The van der Waals surface area contributed by atoms with Gasteiger partial charge < -0.3 is 10.2 Å². The zero-order chi connectivity index (χ0) is 14.9. The van der Waals surface area contributed by atoms with Crippen molar-refractivity contribution in [3.63, 3.8) is 0 Å². The molecule has 2 rings (SSSR count). The minimum atomic E-state index is -0.433. The Balaban J connectivity index is 2.60. The maximum atomic E-state index is 12.4. The SMILES string of the molecule is CCCC=CC1=C(C)C(=O)c2c(O)ccc(O)c2C1=O. The van der Waals surface area contributed by atoms with Crippen molar-refractivity contribution in [3.8, 4) is 11.5 Å². The summed E-state index contributed by atoms with van der Waals surface area (Å²) in [5.41, 5.74) is 0.337. The molecule has 1 aromatic carbocycles. The van der Waals surface area contributed by atoms with Crippen LogP contribution in [-0.2, 0) is 0 Å². The minimum absolute atomic E-state index is 0.111. The van der Waals surface area contributed by atoms with E-state index in [1.54, 1.807) is 13.0 Å². The van der Waals surface area contributed by atoms with Gasteiger partial charge in [-0.15, -0.1) is 0 Å². The summed E-state index contributed by atoms with van der Waals surface area (Å²) < 4.78 is 0. The van der Waals surface area contributed by atoms with Gasteiger partial charge in [-0.3, -0.25) is 9.59 Å². The molecule has 2 N–H and O–H groups in total. The number of Topliss-reactive ketones (excluding diaryl/α,β-unsaturated/α-hetero) is 2. The summed E-state index contributed by atoms with van der Waals surface area (Å²) in [4.78, 5) is 24.7. The van der Waals surface area contributed by atoms with Crippen LogP contribution in [0, 0.1) is 0 Å². The molecule has 0 saturated heterocycles.